The fourth-order valence-corrected chi connectivity index (χ4v) is 12.7. The average Bonchev–Trinajstić information content (AvgIpc) is 3.06. The number of carbonyl (C=O) groups excluding carboxylic acids is 3. The van der Waals surface area contributed by atoms with Crippen LogP contribution in [0.25, 0.3) is 0 Å². The van der Waals surface area contributed by atoms with E-state index in [1.807, 2.05) is 32.0 Å². The third-order valence-electron chi connectivity index (χ3n) is 13.3. The van der Waals surface area contributed by atoms with Gasteiger partial charge in [0.05, 0.1) is 30.9 Å². The van der Waals surface area contributed by atoms with Crippen molar-refractivity contribution in [3.63, 3.8) is 0 Å². The topological polar surface area (TPSA) is 150 Å². The second kappa shape index (κ2) is 13.1. The maximum absolute atomic E-state index is 13.1. The van der Waals surface area contributed by atoms with E-state index in [1.54, 1.807) is 38.0 Å². The van der Waals surface area contributed by atoms with Crippen LogP contribution in [-0.4, -0.2) is 55.6 Å². The highest BCUT2D eigenvalue weighted by atomic mass is 16.5. The molecule has 52 heavy (non-hydrogen) atoms. The van der Waals surface area contributed by atoms with Crippen molar-refractivity contribution >= 4 is 17.5 Å². The van der Waals surface area contributed by atoms with Gasteiger partial charge in [-0.3, -0.25) is 24.4 Å². The summed E-state index contributed by atoms with van der Waals surface area (Å²) >= 11 is 0. The number of rotatable bonds is 9. The van der Waals surface area contributed by atoms with Crippen molar-refractivity contribution in [1.82, 2.24) is 25.3 Å². The van der Waals surface area contributed by atoms with Crippen LogP contribution in [0.15, 0.2) is 49.1 Å². The lowest BCUT2D eigenvalue weighted by Gasteiger charge is -2.62. The molecule has 8 saturated carbocycles. The van der Waals surface area contributed by atoms with Crippen molar-refractivity contribution in [2.24, 2.45) is 40.2 Å². The van der Waals surface area contributed by atoms with Gasteiger partial charge in [-0.1, -0.05) is 6.07 Å². The first-order chi connectivity index (χ1) is 24.8. The highest BCUT2D eigenvalue weighted by molar-refractivity contribution is 5.96. The van der Waals surface area contributed by atoms with Crippen molar-refractivity contribution < 1.29 is 19.1 Å². The Morgan fingerprint density at radius 3 is 1.77 bits per heavy atom. The lowest BCUT2D eigenvalue weighted by molar-refractivity contribution is -0.0771. The van der Waals surface area contributed by atoms with Gasteiger partial charge in [0.2, 0.25) is 0 Å². The van der Waals surface area contributed by atoms with Gasteiger partial charge in [-0.25, -0.2) is 9.97 Å². The van der Waals surface area contributed by atoms with E-state index in [-0.39, 0.29) is 39.4 Å². The number of nitrogens with two attached hydrogens (primary N) is 1. The summed E-state index contributed by atoms with van der Waals surface area (Å²) in [5.41, 5.74) is 9.66. The minimum absolute atomic E-state index is 0.00263. The van der Waals surface area contributed by atoms with Crippen LogP contribution in [0.2, 0.25) is 0 Å². The number of Topliss-reactive ketones (excluding diaryl/α,β-unsaturated/α-hetero) is 2. The first-order valence-corrected chi connectivity index (χ1v) is 19.2. The first-order valence-electron chi connectivity index (χ1n) is 19.2. The van der Waals surface area contributed by atoms with Gasteiger partial charge in [-0.15, -0.1) is 0 Å². The van der Waals surface area contributed by atoms with Crippen LogP contribution in [0.5, 0.6) is 5.75 Å². The molecule has 1 amide bonds. The number of nitrogens with one attached hydrogen (secondary N) is 1. The highest BCUT2D eigenvalue weighted by Gasteiger charge is 2.59. The molecule has 10 nitrogen and oxygen atoms in total. The SMILES string of the molecule is COc1cccc(C(=O)NC23CC4CC(CC(CC(=O)c5cncc(C)n5)(C4)C2)C3)c1.Cc1cncc(C(=O)CC23CC4CC(CC(N)(C4)C2)C3)n1. The number of carbonyl (C=O) groups is 3. The Morgan fingerprint density at radius 2 is 1.27 bits per heavy atom. The van der Waals surface area contributed by atoms with E-state index in [9.17, 15) is 14.4 Å². The van der Waals surface area contributed by atoms with Crippen molar-refractivity contribution in [2.45, 2.75) is 115 Å². The van der Waals surface area contributed by atoms with Crippen molar-refractivity contribution in [3.05, 3.63) is 77.4 Å². The molecule has 10 heteroatoms. The normalized spacial score (nSPS) is 34.7. The van der Waals surface area contributed by atoms with E-state index in [4.69, 9.17) is 10.5 Å². The molecule has 3 aromatic rings. The second-order valence-electron chi connectivity index (χ2n) is 18.0. The van der Waals surface area contributed by atoms with Gasteiger partial charge in [0, 0.05) is 41.9 Å². The number of hydrogen-bond acceptors (Lipinski definition) is 9. The summed E-state index contributed by atoms with van der Waals surface area (Å²) in [7, 11) is 1.61. The van der Waals surface area contributed by atoms with E-state index >= 15 is 0 Å². The van der Waals surface area contributed by atoms with Crippen LogP contribution in [-0.2, 0) is 0 Å². The molecule has 11 rings (SSSR count). The Kier molecular flexibility index (Phi) is 8.83. The molecule has 3 N–H and O–H groups in total. The quantitative estimate of drug-likeness (QED) is 0.230. The van der Waals surface area contributed by atoms with Gasteiger partial charge in [-0.2, -0.15) is 0 Å². The van der Waals surface area contributed by atoms with Crippen molar-refractivity contribution in [1.29, 1.82) is 0 Å². The molecule has 4 unspecified atom stereocenters. The van der Waals surface area contributed by atoms with E-state index < -0.39 is 0 Å². The van der Waals surface area contributed by atoms with E-state index in [0.717, 1.165) is 61.7 Å². The summed E-state index contributed by atoms with van der Waals surface area (Å²) in [5, 5.41) is 3.41. The Hall–Kier alpha value is -4.05. The molecule has 274 valence electrons. The number of aryl methyl sites for hydroxylation is 2. The van der Waals surface area contributed by atoms with Crippen LogP contribution < -0.4 is 15.8 Å². The van der Waals surface area contributed by atoms with Gasteiger partial charge >= 0.3 is 0 Å². The second-order valence-corrected chi connectivity index (χ2v) is 18.0. The molecule has 0 spiro atoms. The van der Waals surface area contributed by atoms with Crippen molar-refractivity contribution in [2.75, 3.05) is 7.11 Å². The average molecular weight is 705 g/mol. The fourth-order valence-electron chi connectivity index (χ4n) is 12.7. The van der Waals surface area contributed by atoms with Gasteiger partial charge in [-0.05, 0) is 144 Å². The first kappa shape index (κ1) is 35.0. The van der Waals surface area contributed by atoms with Gasteiger partial charge < -0.3 is 15.8 Å². The van der Waals surface area contributed by atoms with Gasteiger partial charge in [0.15, 0.2) is 11.6 Å². The van der Waals surface area contributed by atoms with Gasteiger partial charge in [0.1, 0.15) is 17.1 Å². The van der Waals surface area contributed by atoms with Crippen LogP contribution in [0.4, 0.5) is 0 Å². The summed E-state index contributed by atoms with van der Waals surface area (Å²) in [6, 6.07) is 7.30. The molecule has 2 aromatic heterocycles. The number of benzene rings is 1. The summed E-state index contributed by atoms with van der Waals surface area (Å²) in [5.74, 6) is 3.49. The molecule has 8 bridgehead atoms. The van der Waals surface area contributed by atoms with E-state index in [2.05, 4.69) is 25.3 Å². The summed E-state index contributed by atoms with van der Waals surface area (Å²) in [6.45, 7) is 3.74. The lowest BCUT2D eigenvalue weighted by Crippen LogP contribution is -2.63. The molecule has 0 radical (unpaired) electrons. The summed E-state index contributed by atoms with van der Waals surface area (Å²) in [6.07, 6.45) is 21.0. The molecule has 8 fully saturated rings. The summed E-state index contributed by atoms with van der Waals surface area (Å²) in [4.78, 5) is 55.9. The lowest BCUT2D eigenvalue weighted by atomic mass is 9.46. The maximum Gasteiger partial charge on any atom is 0.251 e. The standard InChI is InChI=1S/C25H29N3O3.C17H23N3O/c1-16-13-26-14-21(27-16)22(29)12-24-8-17-6-18(9-24)11-25(10-17,15-24)28-23(30)19-4-3-5-20(7-19)31-2;1-11-8-19-9-14(20-11)15(21)7-16-3-12-2-13(4-16)6-17(18,5-12)10-16/h3-5,7,13-14,17-18H,6,8-12,15H2,1-2H3,(H,28,30);8-9,12-13H,2-7,10,18H2,1H3. The number of methoxy groups -OCH3 is 1. The number of ketones is 2. The monoisotopic (exact) mass is 704 g/mol. The van der Waals surface area contributed by atoms with Gasteiger partial charge in [0.25, 0.3) is 5.91 Å². The predicted molar refractivity (Wildman–Crippen MR) is 196 cm³/mol. The molecule has 0 aliphatic heterocycles. The number of ether oxygens (including phenoxy) is 1. The Morgan fingerprint density at radius 1 is 0.750 bits per heavy atom. The van der Waals surface area contributed by atoms with E-state index in [0.29, 0.717) is 47.4 Å². The molecule has 8 aliphatic carbocycles. The maximum atomic E-state index is 13.1. The third kappa shape index (κ3) is 7.03. The number of nitrogens with zero attached hydrogens (tertiary/aromatic N) is 4. The summed E-state index contributed by atoms with van der Waals surface area (Å²) < 4.78 is 5.28. The number of hydrogen-bond donors (Lipinski definition) is 2. The molecule has 8 aliphatic rings. The molecule has 1 aromatic carbocycles. The van der Waals surface area contributed by atoms with Crippen LogP contribution >= 0.6 is 0 Å². The zero-order valence-corrected chi connectivity index (χ0v) is 30.8. The highest BCUT2D eigenvalue weighted by Crippen LogP contribution is 2.64. The largest absolute Gasteiger partial charge is 0.497 e. The Bertz CT molecular complexity index is 1870. The zero-order valence-electron chi connectivity index (χ0n) is 30.8. The predicted octanol–water partition coefficient (Wildman–Crippen LogP) is 6.79. The molecule has 2 heterocycles. The zero-order chi connectivity index (χ0) is 36.3. The third-order valence-corrected chi connectivity index (χ3v) is 13.3. The Labute approximate surface area is 306 Å². The molecule has 0 saturated heterocycles. The fraction of sp³-hybridized carbons (Fsp3) is 0.595. The van der Waals surface area contributed by atoms with Crippen LogP contribution in [0.3, 0.4) is 0 Å². The molecule has 4 atom stereocenters. The number of aromatic nitrogens is 4. The van der Waals surface area contributed by atoms with Crippen LogP contribution in [0, 0.1) is 48.3 Å². The molecular weight excluding hydrogens is 652 g/mol. The van der Waals surface area contributed by atoms with Crippen molar-refractivity contribution in [3.8, 4) is 5.75 Å². The van der Waals surface area contributed by atoms with E-state index in [1.165, 1.54) is 38.5 Å². The minimum atomic E-state index is -0.219. The molecular formula is C42H52N6O4. The van der Waals surface area contributed by atoms with Crippen LogP contribution in [0.1, 0.15) is 133 Å². The Balaban J connectivity index is 0.000000160. The minimum Gasteiger partial charge on any atom is -0.497 e. The smallest absolute Gasteiger partial charge is 0.251 e. The number of amides is 1.